The number of allylic oxidation sites excluding steroid dienone is 4. The largest absolute Gasteiger partial charge is 0.356 e. The standard InChI is InChI=1S/C21H28N4O/c1-20-9-10-22-19(26)13-14(20)3-4-15-16-5-6-18(25-12-11-23-24-25)21(16,2)8-7-17(15)20/h5-6,11-12,14-15,17H,3-4,7-10,13H2,1-2H3,(H,22,26). The van der Waals surface area contributed by atoms with Crippen LogP contribution in [0.3, 0.4) is 0 Å². The first-order valence-electron chi connectivity index (χ1n) is 10.1. The zero-order valence-corrected chi connectivity index (χ0v) is 15.7. The Kier molecular flexibility index (Phi) is 3.47. The van der Waals surface area contributed by atoms with E-state index in [1.807, 2.05) is 10.9 Å². The van der Waals surface area contributed by atoms with Gasteiger partial charge in [0.25, 0.3) is 0 Å². The third kappa shape index (κ3) is 2.12. The predicted molar refractivity (Wildman–Crippen MR) is 99.8 cm³/mol. The molecule has 0 spiro atoms. The number of hydrogen-bond acceptors (Lipinski definition) is 3. The van der Waals surface area contributed by atoms with Gasteiger partial charge < -0.3 is 5.32 Å². The van der Waals surface area contributed by atoms with Crippen molar-refractivity contribution in [2.24, 2.45) is 28.6 Å². The number of carbonyl (C=O) groups excluding carboxylic acids is 1. The summed E-state index contributed by atoms with van der Waals surface area (Å²) in [6.07, 6.45) is 15.0. The van der Waals surface area contributed by atoms with Gasteiger partial charge in [-0.2, -0.15) is 0 Å². The van der Waals surface area contributed by atoms with Gasteiger partial charge in [0, 0.05) is 18.4 Å². The van der Waals surface area contributed by atoms with Crippen LogP contribution in [0.15, 0.2) is 30.1 Å². The fraction of sp³-hybridized carbons (Fsp3) is 0.667. The summed E-state index contributed by atoms with van der Waals surface area (Å²) >= 11 is 0. The molecule has 1 aromatic rings. The third-order valence-electron chi connectivity index (χ3n) is 8.16. The van der Waals surface area contributed by atoms with E-state index in [0.29, 0.717) is 17.8 Å². The van der Waals surface area contributed by atoms with Gasteiger partial charge in [-0.1, -0.05) is 30.7 Å². The lowest BCUT2D eigenvalue weighted by Gasteiger charge is -2.56. The van der Waals surface area contributed by atoms with Crippen LogP contribution in [0.1, 0.15) is 52.4 Å². The summed E-state index contributed by atoms with van der Waals surface area (Å²) in [5.74, 6) is 2.13. The monoisotopic (exact) mass is 352 g/mol. The highest BCUT2D eigenvalue weighted by Gasteiger charge is 2.56. The van der Waals surface area contributed by atoms with Gasteiger partial charge in [-0.3, -0.25) is 4.79 Å². The molecule has 0 bridgehead atoms. The van der Waals surface area contributed by atoms with Gasteiger partial charge >= 0.3 is 0 Å². The van der Waals surface area contributed by atoms with Crippen molar-refractivity contribution in [3.05, 3.63) is 30.1 Å². The van der Waals surface area contributed by atoms with E-state index in [-0.39, 0.29) is 16.7 Å². The van der Waals surface area contributed by atoms with Crippen molar-refractivity contribution in [1.82, 2.24) is 20.3 Å². The molecule has 2 heterocycles. The Balaban J connectivity index is 1.47. The average Bonchev–Trinajstić information content (AvgIpc) is 3.20. The van der Waals surface area contributed by atoms with Crippen LogP contribution in [0, 0.1) is 28.6 Å². The minimum atomic E-state index is 0.0802. The molecule has 0 aromatic carbocycles. The van der Waals surface area contributed by atoms with Crippen LogP contribution in [0.25, 0.3) is 5.70 Å². The number of fused-ring (bicyclic) bond motifs is 5. The molecule has 1 amide bonds. The van der Waals surface area contributed by atoms with Crippen LogP contribution in [0.5, 0.6) is 0 Å². The fourth-order valence-corrected chi connectivity index (χ4v) is 6.67. The van der Waals surface area contributed by atoms with Gasteiger partial charge in [0.1, 0.15) is 0 Å². The molecule has 5 atom stereocenters. The van der Waals surface area contributed by atoms with E-state index in [2.05, 4.69) is 41.6 Å². The minimum Gasteiger partial charge on any atom is -0.356 e. The van der Waals surface area contributed by atoms with E-state index < -0.39 is 0 Å². The first-order chi connectivity index (χ1) is 12.5. The second-order valence-electron chi connectivity index (χ2n) is 9.19. The Morgan fingerprint density at radius 1 is 1.19 bits per heavy atom. The van der Waals surface area contributed by atoms with Crippen molar-refractivity contribution in [3.63, 3.8) is 0 Å². The lowest BCUT2D eigenvalue weighted by molar-refractivity contribution is -0.123. The summed E-state index contributed by atoms with van der Waals surface area (Å²) in [5, 5.41) is 11.4. The molecular formula is C21H28N4O. The number of rotatable bonds is 1. The van der Waals surface area contributed by atoms with Crippen LogP contribution in [-0.4, -0.2) is 27.4 Å². The maximum Gasteiger partial charge on any atom is 0.220 e. The molecule has 138 valence electrons. The Hall–Kier alpha value is -1.91. The quantitative estimate of drug-likeness (QED) is 0.842. The Morgan fingerprint density at radius 2 is 2.08 bits per heavy atom. The van der Waals surface area contributed by atoms with E-state index in [1.54, 1.807) is 11.8 Å². The zero-order chi connectivity index (χ0) is 17.9. The van der Waals surface area contributed by atoms with Gasteiger partial charge in [-0.05, 0) is 61.3 Å². The van der Waals surface area contributed by atoms with Crippen molar-refractivity contribution < 1.29 is 4.79 Å². The molecule has 5 unspecified atom stereocenters. The molecule has 3 fully saturated rings. The molecule has 2 saturated carbocycles. The van der Waals surface area contributed by atoms with Gasteiger partial charge in [0.2, 0.25) is 5.91 Å². The van der Waals surface area contributed by atoms with Gasteiger partial charge in [-0.25, -0.2) is 4.68 Å². The second-order valence-corrected chi connectivity index (χ2v) is 9.19. The molecule has 26 heavy (non-hydrogen) atoms. The topological polar surface area (TPSA) is 59.8 Å². The van der Waals surface area contributed by atoms with Crippen LogP contribution < -0.4 is 5.32 Å². The predicted octanol–water partition coefficient (Wildman–Crippen LogP) is 3.42. The highest BCUT2D eigenvalue weighted by atomic mass is 16.1. The summed E-state index contributed by atoms with van der Waals surface area (Å²) in [6.45, 7) is 5.70. The van der Waals surface area contributed by atoms with Gasteiger partial charge in [-0.15, -0.1) is 5.10 Å². The van der Waals surface area contributed by atoms with E-state index in [1.165, 1.54) is 25.0 Å². The summed E-state index contributed by atoms with van der Waals surface area (Å²) in [7, 11) is 0. The lowest BCUT2D eigenvalue weighted by Crippen LogP contribution is -2.49. The number of aromatic nitrogens is 3. The van der Waals surface area contributed by atoms with Crippen LogP contribution in [0.2, 0.25) is 0 Å². The maximum absolute atomic E-state index is 12.1. The van der Waals surface area contributed by atoms with Crippen molar-refractivity contribution >= 4 is 11.6 Å². The van der Waals surface area contributed by atoms with Gasteiger partial charge in [0.05, 0.1) is 18.1 Å². The number of amides is 1. The van der Waals surface area contributed by atoms with Crippen LogP contribution in [0.4, 0.5) is 0 Å². The molecule has 5 nitrogen and oxygen atoms in total. The zero-order valence-electron chi connectivity index (χ0n) is 15.7. The first kappa shape index (κ1) is 16.3. The van der Waals surface area contributed by atoms with E-state index in [9.17, 15) is 4.79 Å². The van der Waals surface area contributed by atoms with Crippen LogP contribution >= 0.6 is 0 Å². The van der Waals surface area contributed by atoms with Crippen molar-refractivity contribution in [2.75, 3.05) is 6.54 Å². The SMILES string of the molecule is CC12CCC3C(CCC4CC(=O)NCCC43C)C1=CC=C2n1ccnn1. The highest BCUT2D eigenvalue weighted by molar-refractivity contribution is 5.76. The third-order valence-corrected chi connectivity index (χ3v) is 8.16. The summed E-state index contributed by atoms with van der Waals surface area (Å²) in [6, 6.07) is 0. The Morgan fingerprint density at radius 3 is 2.88 bits per heavy atom. The van der Waals surface area contributed by atoms with E-state index >= 15 is 0 Å². The molecular weight excluding hydrogens is 324 g/mol. The number of hydrogen-bond donors (Lipinski definition) is 1. The molecule has 5 rings (SSSR count). The number of carbonyl (C=O) groups is 1. The van der Waals surface area contributed by atoms with E-state index in [4.69, 9.17) is 0 Å². The van der Waals surface area contributed by atoms with E-state index in [0.717, 1.165) is 25.8 Å². The van der Waals surface area contributed by atoms with Crippen molar-refractivity contribution in [2.45, 2.75) is 52.4 Å². The highest BCUT2D eigenvalue weighted by Crippen LogP contribution is 2.64. The molecule has 3 aliphatic carbocycles. The Bertz CT molecular complexity index is 795. The van der Waals surface area contributed by atoms with Gasteiger partial charge in [0.15, 0.2) is 0 Å². The minimum absolute atomic E-state index is 0.0802. The Labute approximate surface area is 154 Å². The maximum atomic E-state index is 12.1. The molecule has 1 saturated heterocycles. The molecule has 4 aliphatic rings. The fourth-order valence-electron chi connectivity index (χ4n) is 6.67. The molecule has 0 radical (unpaired) electrons. The number of nitrogens with zero attached hydrogens (tertiary/aromatic N) is 3. The average molecular weight is 352 g/mol. The molecule has 5 heteroatoms. The molecule has 1 N–H and O–H groups in total. The summed E-state index contributed by atoms with van der Waals surface area (Å²) in [4.78, 5) is 12.1. The number of nitrogens with one attached hydrogen (secondary N) is 1. The molecule has 1 aromatic heterocycles. The summed E-state index contributed by atoms with van der Waals surface area (Å²) < 4.78 is 1.95. The van der Waals surface area contributed by atoms with Crippen LogP contribution in [-0.2, 0) is 4.79 Å². The normalized spacial score (nSPS) is 41.9. The van der Waals surface area contributed by atoms with Crippen molar-refractivity contribution in [1.29, 1.82) is 0 Å². The smallest absolute Gasteiger partial charge is 0.220 e. The lowest BCUT2D eigenvalue weighted by atomic mass is 9.48. The second kappa shape index (κ2) is 5.54. The summed E-state index contributed by atoms with van der Waals surface area (Å²) in [5.41, 5.74) is 3.23. The first-order valence-corrected chi connectivity index (χ1v) is 10.1. The molecule has 1 aliphatic heterocycles. The van der Waals surface area contributed by atoms with Crippen molar-refractivity contribution in [3.8, 4) is 0 Å².